The number of carbonyl (C=O) groups excluding carboxylic acids is 1. The Kier molecular flexibility index (Phi) is 5.44. The van der Waals surface area contributed by atoms with E-state index in [0.29, 0.717) is 5.76 Å². The molecule has 0 spiro atoms. The normalized spacial score (nSPS) is 10.3. The predicted octanol–water partition coefficient (Wildman–Crippen LogP) is -0.825. The summed E-state index contributed by atoms with van der Waals surface area (Å²) in [7, 11) is 0. The van der Waals surface area contributed by atoms with Crippen molar-refractivity contribution in [2.45, 2.75) is 6.92 Å². The van der Waals surface area contributed by atoms with E-state index in [0.717, 1.165) is 0 Å². The van der Waals surface area contributed by atoms with Gasteiger partial charge < -0.3 is 24.4 Å². The van der Waals surface area contributed by atoms with Crippen LogP contribution in [0.15, 0.2) is 10.6 Å². The van der Waals surface area contributed by atoms with Crippen molar-refractivity contribution in [1.82, 2.24) is 10.1 Å². The number of hydrogen-bond acceptors (Lipinski definition) is 6. The average Bonchev–Trinajstić information content (AvgIpc) is 2.72. The Bertz CT molecular complexity index is 346. The molecule has 0 aliphatic heterocycles. The van der Waals surface area contributed by atoms with E-state index in [1.807, 2.05) is 0 Å². The fourth-order valence-electron chi connectivity index (χ4n) is 1.24. The van der Waals surface area contributed by atoms with Gasteiger partial charge in [0.05, 0.1) is 13.2 Å². The number of aliphatic hydroxyl groups excluding tert-OH is 2. The third kappa shape index (κ3) is 4.41. The predicted molar refractivity (Wildman–Crippen MR) is 57.5 cm³/mol. The van der Waals surface area contributed by atoms with Gasteiger partial charge in [0.1, 0.15) is 5.76 Å². The Morgan fingerprint density at radius 3 is 2.59 bits per heavy atom. The monoisotopic (exact) mass is 244 g/mol. The zero-order valence-electron chi connectivity index (χ0n) is 9.63. The maximum atomic E-state index is 11.6. The van der Waals surface area contributed by atoms with Crippen molar-refractivity contribution in [2.24, 2.45) is 0 Å². The van der Waals surface area contributed by atoms with E-state index in [1.54, 1.807) is 13.0 Å². The standard InChI is InChI=1S/C10H16N2O5/c1-8-6-9(11-17-8)16-7-10(15)12(2-4-13)3-5-14/h6,13-14H,2-5,7H2,1H3. The van der Waals surface area contributed by atoms with Crippen molar-refractivity contribution in [3.8, 4) is 5.88 Å². The fraction of sp³-hybridized carbons (Fsp3) is 0.600. The highest BCUT2D eigenvalue weighted by atomic mass is 16.5. The van der Waals surface area contributed by atoms with Gasteiger partial charge in [0.2, 0.25) is 0 Å². The first kappa shape index (κ1) is 13.5. The molecule has 17 heavy (non-hydrogen) atoms. The van der Waals surface area contributed by atoms with E-state index >= 15 is 0 Å². The van der Waals surface area contributed by atoms with Gasteiger partial charge in [-0.3, -0.25) is 4.79 Å². The SMILES string of the molecule is Cc1cc(OCC(=O)N(CCO)CCO)no1. The van der Waals surface area contributed by atoms with Crippen LogP contribution in [-0.2, 0) is 4.79 Å². The zero-order chi connectivity index (χ0) is 12.7. The van der Waals surface area contributed by atoms with Crippen molar-refractivity contribution in [3.63, 3.8) is 0 Å². The molecule has 96 valence electrons. The van der Waals surface area contributed by atoms with Gasteiger partial charge in [-0.05, 0) is 12.1 Å². The van der Waals surface area contributed by atoms with Gasteiger partial charge in [0.15, 0.2) is 6.61 Å². The fourth-order valence-corrected chi connectivity index (χ4v) is 1.24. The Labute approximate surface area is 98.6 Å². The highest BCUT2D eigenvalue weighted by Gasteiger charge is 2.13. The molecule has 0 saturated heterocycles. The Morgan fingerprint density at radius 1 is 1.47 bits per heavy atom. The Morgan fingerprint density at radius 2 is 2.12 bits per heavy atom. The maximum Gasteiger partial charge on any atom is 0.260 e. The smallest absolute Gasteiger partial charge is 0.260 e. The van der Waals surface area contributed by atoms with Gasteiger partial charge in [-0.2, -0.15) is 0 Å². The van der Waals surface area contributed by atoms with Gasteiger partial charge in [-0.1, -0.05) is 0 Å². The first-order valence-electron chi connectivity index (χ1n) is 5.23. The molecule has 1 heterocycles. The first-order valence-corrected chi connectivity index (χ1v) is 5.23. The Hall–Kier alpha value is -1.60. The van der Waals surface area contributed by atoms with Crippen LogP contribution < -0.4 is 4.74 Å². The average molecular weight is 244 g/mol. The molecule has 0 atom stereocenters. The molecule has 2 N–H and O–H groups in total. The summed E-state index contributed by atoms with van der Waals surface area (Å²) in [5.74, 6) is 0.507. The summed E-state index contributed by atoms with van der Waals surface area (Å²) in [4.78, 5) is 12.9. The van der Waals surface area contributed by atoms with E-state index in [4.69, 9.17) is 19.5 Å². The summed E-state index contributed by atoms with van der Waals surface area (Å²) < 4.78 is 9.88. The summed E-state index contributed by atoms with van der Waals surface area (Å²) in [6, 6.07) is 1.57. The van der Waals surface area contributed by atoms with Crippen LogP contribution in [0.4, 0.5) is 0 Å². The van der Waals surface area contributed by atoms with Crippen LogP contribution in [0.1, 0.15) is 5.76 Å². The highest BCUT2D eigenvalue weighted by molar-refractivity contribution is 5.77. The lowest BCUT2D eigenvalue weighted by molar-refractivity contribution is -0.134. The summed E-state index contributed by atoms with van der Waals surface area (Å²) in [6.07, 6.45) is 0. The molecule has 0 unspecified atom stereocenters. The Balaban J connectivity index is 2.41. The second kappa shape index (κ2) is 6.87. The van der Waals surface area contributed by atoms with Gasteiger partial charge in [-0.15, -0.1) is 0 Å². The molecule has 0 aromatic carbocycles. The number of nitrogens with zero attached hydrogens (tertiary/aromatic N) is 2. The van der Waals surface area contributed by atoms with Crippen LogP contribution in [0, 0.1) is 6.92 Å². The minimum absolute atomic E-state index is 0.158. The van der Waals surface area contributed by atoms with Crippen molar-refractivity contribution in [2.75, 3.05) is 32.9 Å². The van der Waals surface area contributed by atoms with Gasteiger partial charge in [0, 0.05) is 19.2 Å². The highest BCUT2D eigenvalue weighted by Crippen LogP contribution is 2.09. The molecule has 1 amide bonds. The third-order valence-corrected chi connectivity index (χ3v) is 2.04. The number of aryl methyl sites for hydroxylation is 1. The van der Waals surface area contributed by atoms with E-state index in [2.05, 4.69) is 5.16 Å². The maximum absolute atomic E-state index is 11.6. The summed E-state index contributed by atoms with van der Waals surface area (Å²) in [5, 5.41) is 21.1. The number of carbonyl (C=O) groups is 1. The van der Waals surface area contributed by atoms with Gasteiger partial charge in [0.25, 0.3) is 11.8 Å². The molecule has 0 radical (unpaired) electrons. The zero-order valence-corrected chi connectivity index (χ0v) is 9.63. The number of ether oxygens (including phenoxy) is 1. The second-order valence-electron chi connectivity index (χ2n) is 3.39. The molecule has 1 rings (SSSR count). The molecule has 0 aliphatic rings. The van der Waals surface area contributed by atoms with Crippen molar-refractivity contribution in [3.05, 3.63) is 11.8 Å². The number of aliphatic hydroxyl groups is 2. The van der Waals surface area contributed by atoms with Crippen molar-refractivity contribution in [1.29, 1.82) is 0 Å². The third-order valence-electron chi connectivity index (χ3n) is 2.04. The molecular formula is C10H16N2O5. The number of hydrogen-bond donors (Lipinski definition) is 2. The summed E-state index contributed by atoms with van der Waals surface area (Å²) >= 11 is 0. The van der Waals surface area contributed by atoms with E-state index in [9.17, 15) is 4.79 Å². The van der Waals surface area contributed by atoms with Crippen LogP contribution in [0.2, 0.25) is 0 Å². The number of amides is 1. The molecule has 7 heteroatoms. The topological polar surface area (TPSA) is 96.0 Å². The van der Waals surface area contributed by atoms with Crippen molar-refractivity contribution >= 4 is 5.91 Å². The quantitative estimate of drug-likeness (QED) is 0.650. The first-order chi connectivity index (χ1) is 8.17. The lowest BCUT2D eigenvalue weighted by atomic mass is 10.4. The number of aromatic nitrogens is 1. The van der Waals surface area contributed by atoms with E-state index in [1.165, 1.54) is 4.90 Å². The van der Waals surface area contributed by atoms with Gasteiger partial charge in [-0.25, -0.2) is 0 Å². The van der Waals surface area contributed by atoms with Gasteiger partial charge >= 0.3 is 0 Å². The molecule has 1 aromatic heterocycles. The van der Waals surface area contributed by atoms with E-state index < -0.39 is 0 Å². The molecule has 0 bridgehead atoms. The van der Waals surface area contributed by atoms with Crippen LogP contribution in [0.3, 0.4) is 0 Å². The molecular weight excluding hydrogens is 228 g/mol. The molecule has 0 fully saturated rings. The molecule has 0 aliphatic carbocycles. The minimum Gasteiger partial charge on any atom is -0.465 e. The molecule has 0 saturated carbocycles. The summed E-state index contributed by atoms with van der Waals surface area (Å²) in [5.41, 5.74) is 0. The van der Waals surface area contributed by atoms with Crippen LogP contribution in [-0.4, -0.2) is 59.1 Å². The van der Waals surface area contributed by atoms with Crippen LogP contribution in [0.5, 0.6) is 5.88 Å². The van der Waals surface area contributed by atoms with Crippen molar-refractivity contribution < 1.29 is 24.3 Å². The molecule has 1 aromatic rings. The molecule has 7 nitrogen and oxygen atoms in total. The lowest BCUT2D eigenvalue weighted by Gasteiger charge is -2.20. The lowest BCUT2D eigenvalue weighted by Crippen LogP contribution is -2.38. The van der Waals surface area contributed by atoms with Crippen LogP contribution >= 0.6 is 0 Å². The number of rotatable bonds is 7. The second-order valence-corrected chi connectivity index (χ2v) is 3.39. The van der Waals surface area contributed by atoms with Crippen LogP contribution in [0.25, 0.3) is 0 Å². The summed E-state index contributed by atoms with van der Waals surface area (Å²) in [6.45, 7) is 1.53. The minimum atomic E-state index is -0.325. The van der Waals surface area contributed by atoms with E-state index in [-0.39, 0.29) is 44.7 Å². The largest absolute Gasteiger partial charge is 0.465 e.